The number of rotatable bonds is 7. The molecule has 140 valence electrons. The van der Waals surface area contributed by atoms with Crippen molar-refractivity contribution < 1.29 is 27.4 Å². The van der Waals surface area contributed by atoms with Crippen molar-refractivity contribution in [2.45, 2.75) is 38.4 Å². The van der Waals surface area contributed by atoms with E-state index in [1.807, 2.05) is 0 Å². The van der Waals surface area contributed by atoms with Crippen LogP contribution in [0.5, 0.6) is 11.5 Å². The van der Waals surface area contributed by atoms with E-state index in [0.717, 1.165) is 25.8 Å². The van der Waals surface area contributed by atoms with E-state index in [2.05, 4.69) is 10.6 Å². The number of carbonyl (C=O) groups is 1. The summed E-state index contributed by atoms with van der Waals surface area (Å²) in [5.41, 5.74) is 0.164. The molecule has 0 aliphatic carbocycles. The fourth-order valence-electron chi connectivity index (χ4n) is 2.63. The fourth-order valence-corrected chi connectivity index (χ4v) is 2.63. The Morgan fingerprint density at radius 2 is 2.12 bits per heavy atom. The van der Waals surface area contributed by atoms with Crippen molar-refractivity contribution in [2.75, 3.05) is 26.3 Å². The topological polar surface area (TPSA) is 59.6 Å². The summed E-state index contributed by atoms with van der Waals surface area (Å²) in [5, 5.41) is 6.13. The number of ether oxygens (including phenoxy) is 2. The molecule has 0 unspecified atom stereocenters. The number of alkyl halides is 3. The molecule has 0 radical (unpaired) electrons. The molecule has 8 heteroatoms. The lowest BCUT2D eigenvalue weighted by Gasteiger charge is -2.23. The van der Waals surface area contributed by atoms with E-state index in [1.54, 1.807) is 6.92 Å². The van der Waals surface area contributed by atoms with Crippen LogP contribution in [0.3, 0.4) is 0 Å². The highest BCUT2D eigenvalue weighted by molar-refractivity contribution is 5.97. The van der Waals surface area contributed by atoms with E-state index >= 15 is 0 Å². The van der Waals surface area contributed by atoms with E-state index in [-0.39, 0.29) is 17.4 Å². The monoisotopic (exact) mass is 360 g/mol. The number of hydrogen-bond acceptors (Lipinski definition) is 4. The molecule has 1 amide bonds. The first-order valence-electron chi connectivity index (χ1n) is 8.37. The van der Waals surface area contributed by atoms with Gasteiger partial charge in [-0.1, -0.05) is 6.42 Å². The van der Waals surface area contributed by atoms with Crippen molar-refractivity contribution in [3.63, 3.8) is 0 Å². The van der Waals surface area contributed by atoms with Gasteiger partial charge in [-0.3, -0.25) is 4.79 Å². The zero-order valence-electron chi connectivity index (χ0n) is 14.1. The Hall–Kier alpha value is -1.96. The van der Waals surface area contributed by atoms with Crippen LogP contribution in [0.2, 0.25) is 0 Å². The van der Waals surface area contributed by atoms with Crippen LogP contribution in [0.15, 0.2) is 18.2 Å². The van der Waals surface area contributed by atoms with Crippen molar-refractivity contribution in [1.82, 2.24) is 10.6 Å². The SMILES string of the molecule is CCOc1ccc(OCC(F)(F)F)cc1C(=O)NC[C@H]1CCCCN1. The molecule has 2 rings (SSSR count). The van der Waals surface area contributed by atoms with Gasteiger partial charge in [-0.25, -0.2) is 0 Å². The maximum Gasteiger partial charge on any atom is 0.422 e. The van der Waals surface area contributed by atoms with Crippen LogP contribution < -0.4 is 20.1 Å². The summed E-state index contributed by atoms with van der Waals surface area (Å²) in [7, 11) is 0. The standard InChI is InChI=1S/C17H23F3N2O3/c1-2-24-15-7-6-13(25-11-17(18,19)20)9-14(15)16(23)22-10-12-5-3-4-8-21-12/h6-7,9,12,21H,2-5,8,10-11H2,1H3,(H,22,23)/t12-/m1/s1. The van der Waals surface area contributed by atoms with Crippen molar-refractivity contribution in [3.05, 3.63) is 23.8 Å². The van der Waals surface area contributed by atoms with Crippen LogP contribution in [-0.4, -0.2) is 44.4 Å². The van der Waals surface area contributed by atoms with Gasteiger partial charge in [-0.05, 0) is 44.5 Å². The highest BCUT2D eigenvalue weighted by Gasteiger charge is 2.28. The third-order valence-corrected chi connectivity index (χ3v) is 3.82. The summed E-state index contributed by atoms with van der Waals surface area (Å²) in [4.78, 5) is 12.4. The Labute approximate surface area is 144 Å². The van der Waals surface area contributed by atoms with Crippen LogP contribution >= 0.6 is 0 Å². The molecule has 0 aromatic heterocycles. The lowest BCUT2D eigenvalue weighted by Crippen LogP contribution is -2.43. The summed E-state index contributed by atoms with van der Waals surface area (Å²) >= 11 is 0. The highest BCUT2D eigenvalue weighted by Crippen LogP contribution is 2.26. The molecule has 1 aliphatic heterocycles. The molecule has 25 heavy (non-hydrogen) atoms. The van der Waals surface area contributed by atoms with Gasteiger partial charge in [0.05, 0.1) is 12.2 Å². The second-order valence-corrected chi connectivity index (χ2v) is 5.85. The Balaban J connectivity index is 2.04. The Bertz CT molecular complexity index is 573. The van der Waals surface area contributed by atoms with Crippen LogP contribution in [0, 0.1) is 0 Å². The first-order valence-corrected chi connectivity index (χ1v) is 8.37. The van der Waals surface area contributed by atoms with E-state index in [0.29, 0.717) is 18.9 Å². The summed E-state index contributed by atoms with van der Waals surface area (Å²) in [6, 6.07) is 4.29. The first-order chi connectivity index (χ1) is 11.9. The number of benzene rings is 1. The van der Waals surface area contributed by atoms with Crippen molar-refractivity contribution in [3.8, 4) is 11.5 Å². The molecule has 0 spiro atoms. The van der Waals surface area contributed by atoms with Gasteiger partial charge in [0.25, 0.3) is 5.91 Å². The average Bonchev–Trinajstić information content (AvgIpc) is 2.59. The number of carbonyl (C=O) groups excluding carboxylic acids is 1. The lowest BCUT2D eigenvalue weighted by atomic mass is 10.0. The van der Waals surface area contributed by atoms with Gasteiger partial charge in [0.15, 0.2) is 6.61 Å². The van der Waals surface area contributed by atoms with Crippen LogP contribution in [0.4, 0.5) is 13.2 Å². The molecular formula is C17H23F3N2O3. The van der Waals surface area contributed by atoms with Gasteiger partial charge in [0, 0.05) is 12.6 Å². The Morgan fingerprint density at radius 3 is 2.76 bits per heavy atom. The number of piperidine rings is 1. The third kappa shape index (κ3) is 6.45. The molecule has 1 aliphatic rings. The van der Waals surface area contributed by atoms with E-state index in [1.165, 1.54) is 18.2 Å². The van der Waals surface area contributed by atoms with Gasteiger partial charge in [-0.2, -0.15) is 13.2 Å². The second kappa shape index (κ2) is 8.94. The van der Waals surface area contributed by atoms with Gasteiger partial charge < -0.3 is 20.1 Å². The van der Waals surface area contributed by atoms with Gasteiger partial charge in [0.2, 0.25) is 0 Å². The average molecular weight is 360 g/mol. The van der Waals surface area contributed by atoms with Crippen LogP contribution in [-0.2, 0) is 0 Å². The molecular weight excluding hydrogens is 337 g/mol. The van der Waals surface area contributed by atoms with Crippen molar-refractivity contribution in [2.24, 2.45) is 0 Å². The summed E-state index contributed by atoms with van der Waals surface area (Å²) in [6.45, 7) is 2.08. The predicted octanol–water partition coefficient (Wildman–Crippen LogP) is 2.90. The molecule has 1 aromatic carbocycles. The minimum Gasteiger partial charge on any atom is -0.493 e. The fraction of sp³-hybridized carbons (Fsp3) is 0.588. The summed E-state index contributed by atoms with van der Waals surface area (Å²) < 4.78 is 47.0. The third-order valence-electron chi connectivity index (χ3n) is 3.82. The van der Waals surface area contributed by atoms with E-state index in [9.17, 15) is 18.0 Å². The lowest BCUT2D eigenvalue weighted by molar-refractivity contribution is -0.153. The normalized spacial score (nSPS) is 17.8. The largest absolute Gasteiger partial charge is 0.493 e. The maximum absolute atomic E-state index is 12.4. The maximum atomic E-state index is 12.4. The Kier molecular flexibility index (Phi) is 6.92. The number of halogens is 3. The Morgan fingerprint density at radius 1 is 1.32 bits per heavy atom. The van der Waals surface area contributed by atoms with E-state index in [4.69, 9.17) is 9.47 Å². The number of nitrogens with one attached hydrogen (secondary N) is 2. The molecule has 5 nitrogen and oxygen atoms in total. The minimum atomic E-state index is -4.44. The zero-order valence-corrected chi connectivity index (χ0v) is 14.1. The second-order valence-electron chi connectivity index (χ2n) is 5.85. The van der Waals surface area contributed by atoms with Gasteiger partial charge in [0.1, 0.15) is 11.5 Å². The number of hydrogen-bond donors (Lipinski definition) is 2. The molecule has 0 saturated carbocycles. The molecule has 0 bridgehead atoms. The quantitative estimate of drug-likeness (QED) is 0.785. The molecule has 1 atom stereocenters. The summed E-state index contributed by atoms with van der Waals surface area (Å²) in [6.07, 6.45) is -1.23. The van der Waals surface area contributed by atoms with Crippen molar-refractivity contribution in [1.29, 1.82) is 0 Å². The molecule has 1 fully saturated rings. The summed E-state index contributed by atoms with van der Waals surface area (Å²) in [5.74, 6) is -0.106. The van der Waals surface area contributed by atoms with Crippen molar-refractivity contribution >= 4 is 5.91 Å². The minimum absolute atomic E-state index is 0.0262. The molecule has 2 N–H and O–H groups in total. The molecule has 1 heterocycles. The van der Waals surface area contributed by atoms with Gasteiger partial charge >= 0.3 is 6.18 Å². The van der Waals surface area contributed by atoms with E-state index < -0.39 is 18.7 Å². The zero-order chi connectivity index (χ0) is 18.3. The van der Waals surface area contributed by atoms with Crippen LogP contribution in [0.25, 0.3) is 0 Å². The van der Waals surface area contributed by atoms with Crippen LogP contribution in [0.1, 0.15) is 36.5 Å². The molecule has 1 saturated heterocycles. The first kappa shape index (κ1) is 19.4. The van der Waals surface area contributed by atoms with Gasteiger partial charge in [-0.15, -0.1) is 0 Å². The smallest absolute Gasteiger partial charge is 0.422 e. The highest BCUT2D eigenvalue weighted by atomic mass is 19.4. The predicted molar refractivity (Wildman–Crippen MR) is 87.1 cm³/mol. The molecule has 1 aromatic rings. The number of amides is 1.